The largest absolute Gasteiger partial charge is 0.492 e. The number of nitrogens with zero attached hydrogens (tertiary/aromatic N) is 1. The standard InChI is InChI=1S/C7H7F4NOS/c1-2-3-5(13)12-6(14-3)4(8)7(9,10)11/h4,13H,2H2,1H3. The molecule has 1 heterocycles. The molecule has 0 saturated heterocycles. The van der Waals surface area contributed by atoms with Crippen molar-refractivity contribution in [2.45, 2.75) is 25.7 Å². The Kier molecular flexibility index (Phi) is 2.98. The molecule has 0 aromatic carbocycles. The lowest BCUT2D eigenvalue weighted by atomic mass is 10.4. The van der Waals surface area contributed by atoms with Gasteiger partial charge in [0.05, 0.1) is 4.88 Å². The third-order valence-electron chi connectivity index (χ3n) is 1.52. The van der Waals surface area contributed by atoms with E-state index in [-0.39, 0.29) is 4.88 Å². The molecule has 0 bridgehead atoms. The Labute approximate surface area is 81.2 Å². The first-order valence-electron chi connectivity index (χ1n) is 3.75. The van der Waals surface area contributed by atoms with Crippen molar-refractivity contribution in [3.05, 3.63) is 9.88 Å². The average molecular weight is 229 g/mol. The van der Waals surface area contributed by atoms with Crippen LogP contribution in [-0.2, 0) is 6.42 Å². The lowest BCUT2D eigenvalue weighted by Gasteiger charge is -2.08. The molecule has 0 aliphatic carbocycles. The zero-order valence-electron chi connectivity index (χ0n) is 7.10. The first-order chi connectivity index (χ1) is 6.36. The van der Waals surface area contributed by atoms with Gasteiger partial charge >= 0.3 is 6.18 Å². The summed E-state index contributed by atoms with van der Waals surface area (Å²) in [5, 5.41) is 8.27. The Balaban J connectivity index is 2.97. The predicted molar refractivity (Wildman–Crippen MR) is 43.1 cm³/mol. The summed E-state index contributed by atoms with van der Waals surface area (Å²) in [4.78, 5) is 3.38. The highest BCUT2D eigenvalue weighted by Crippen LogP contribution is 2.39. The summed E-state index contributed by atoms with van der Waals surface area (Å²) in [6.45, 7) is 1.64. The van der Waals surface area contributed by atoms with Gasteiger partial charge in [0.2, 0.25) is 12.1 Å². The van der Waals surface area contributed by atoms with Gasteiger partial charge in [0.25, 0.3) is 0 Å². The van der Waals surface area contributed by atoms with Gasteiger partial charge in [-0.3, -0.25) is 0 Å². The molecule has 0 spiro atoms. The van der Waals surface area contributed by atoms with E-state index in [1.54, 1.807) is 6.92 Å². The van der Waals surface area contributed by atoms with E-state index in [9.17, 15) is 17.6 Å². The van der Waals surface area contributed by atoms with Crippen LogP contribution in [0.5, 0.6) is 5.88 Å². The molecule has 1 rings (SSSR count). The molecule has 1 N–H and O–H groups in total. The minimum atomic E-state index is -4.96. The van der Waals surface area contributed by atoms with Gasteiger partial charge in [0.15, 0.2) is 0 Å². The van der Waals surface area contributed by atoms with Crippen LogP contribution in [-0.4, -0.2) is 16.3 Å². The molecule has 0 radical (unpaired) electrons. The summed E-state index contributed by atoms with van der Waals surface area (Å²) in [5.74, 6) is -0.514. The van der Waals surface area contributed by atoms with Crippen LogP contribution in [0.15, 0.2) is 0 Å². The van der Waals surface area contributed by atoms with Crippen molar-refractivity contribution in [3.8, 4) is 5.88 Å². The Morgan fingerprint density at radius 1 is 1.50 bits per heavy atom. The summed E-state index contributed by atoms with van der Waals surface area (Å²) in [6, 6.07) is 0. The van der Waals surface area contributed by atoms with Crippen molar-refractivity contribution in [2.75, 3.05) is 0 Å². The molecule has 2 nitrogen and oxygen atoms in total. The third kappa shape index (κ3) is 2.14. The molecule has 0 fully saturated rings. The average Bonchev–Trinajstić information content (AvgIpc) is 2.43. The molecule has 7 heteroatoms. The van der Waals surface area contributed by atoms with E-state index in [2.05, 4.69) is 4.98 Å². The maximum atomic E-state index is 12.7. The highest BCUT2D eigenvalue weighted by atomic mass is 32.1. The Bertz CT molecular complexity index is 322. The van der Waals surface area contributed by atoms with Crippen LogP contribution in [0, 0.1) is 0 Å². The number of hydrogen-bond donors (Lipinski definition) is 1. The van der Waals surface area contributed by atoms with E-state index in [1.807, 2.05) is 0 Å². The summed E-state index contributed by atoms with van der Waals surface area (Å²) < 4.78 is 48.4. The summed E-state index contributed by atoms with van der Waals surface area (Å²) in [7, 11) is 0. The monoisotopic (exact) mass is 229 g/mol. The van der Waals surface area contributed by atoms with Crippen molar-refractivity contribution >= 4 is 11.3 Å². The fourth-order valence-corrected chi connectivity index (χ4v) is 1.74. The smallest absolute Gasteiger partial charge is 0.426 e. The molecule has 0 amide bonds. The van der Waals surface area contributed by atoms with Gasteiger partial charge in [-0.1, -0.05) is 6.92 Å². The summed E-state index contributed by atoms with van der Waals surface area (Å²) in [6.07, 6.45) is -7.75. The molecule has 80 valence electrons. The lowest BCUT2D eigenvalue weighted by molar-refractivity contribution is -0.182. The topological polar surface area (TPSA) is 33.1 Å². The third-order valence-corrected chi connectivity index (χ3v) is 2.74. The Morgan fingerprint density at radius 2 is 2.07 bits per heavy atom. The van der Waals surface area contributed by atoms with Gasteiger partial charge in [-0.05, 0) is 6.42 Å². The molecular formula is C7H7F4NOS. The summed E-state index contributed by atoms with van der Waals surface area (Å²) in [5.41, 5.74) is 0. The zero-order chi connectivity index (χ0) is 10.9. The van der Waals surface area contributed by atoms with Gasteiger partial charge in [-0.25, -0.2) is 9.37 Å². The van der Waals surface area contributed by atoms with Crippen LogP contribution in [0.3, 0.4) is 0 Å². The summed E-state index contributed by atoms with van der Waals surface area (Å²) >= 11 is 0.538. The molecule has 1 aromatic heterocycles. The number of hydrogen-bond acceptors (Lipinski definition) is 3. The normalized spacial score (nSPS) is 14.4. The highest BCUT2D eigenvalue weighted by molar-refractivity contribution is 7.12. The predicted octanol–water partition coefficient (Wildman–Crippen LogP) is 2.98. The quantitative estimate of drug-likeness (QED) is 0.791. The highest BCUT2D eigenvalue weighted by Gasteiger charge is 2.43. The first kappa shape index (κ1) is 11.2. The van der Waals surface area contributed by atoms with E-state index in [0.29, 0.717) is 17.8 Å². The van der Waals surface area contributed by atoms with Crippen LogP contribution in [0.25, 0.3) is 0 Å². The van der Waals surface area contributed by atoms with Gasteiger partial charge in [0, 0.05) is 0 Å². The van der Waals surface area contributed by atoms with Gasteiger partial charge in [-0.15, -0.1) is 11.3 Å². The van der Waals surface area contributed by atoms with Crippen molar-refractivity contribution in [3.63, 3.8) is 0 Å². The second-order valence-corrected chi connectivity index (χ2v) is 3.67. The van der Waals surface area contributed by atoms with Crippen LogP contribution < -0.4 is 0 Å². The van der Waals surface area contributed by atoms with Crippen LogP contribution >= 0.6 is 11.3 Å². The number of rotatable bonds is 2. The van der Waals surface area contributed by atoms with Crippen LogP contribution in [0.4, 0.5) is 17.6 Å². The van der Waals surface area contributed by atoms with E-state index in [1.165, 1.54) is 0 Å². The molecular weight excluding hydrogens is 222 g/mol. The van der Waals surface area contributed by atoms with Gasteiger partial charge < -0.3 is 5.11 Å². The number of aryl methyl sites for hydroxylation is 1. The van der Waals surface area contributed by atoms with E-state index in [0.717, 1.165) is 0 Å². The number of halogens is 4. The first-order valence-corrected chi connectivity index (χ1v) is 4.57. The van der Waals surface area contributed by atoms with Gasteiger partial charge in [0.1, 0.15) is 5.01 Å². The zero-order valence-corrected chi connectivity index (χ0v) is 7.92. The maximum absolute atomic E-state index is 12.7. The molecule has 0 aliphatic rings. The van der Waals surface area contributed by atoms with Crippen molar-refractivity contribution in [1.29, 1.82) is 0 Å². The van der Waals surface area contributed by atoms with E-state index in [4.69, 9.17) is 5.11 Å². The minimum absolute atomic E-state index is 0.256. The number of alkyl halides is 4. The molecule has 0 saturated carbocycles. The lowest BCUT2D eigenvalue weighted by Crippen LogP contribution is -2.16. The fraction of sp³-hybridized carbons (Fsp3) is 0.571. The van der Waals surface area contributed by atoms with Crippen LogP contribution in [0.2, 0.25) is 0 Å². The van der Waals surface area contributed by atoms with Crippen molar-refractivity contribution in [2.24, 2.45) is 0 Å². The van der Waals surface area contributed by atoms with Crippen molar-refractivity contribution < 1.29 is 22.7 Å². The van der Waals surface area contributed by atoms with E-state index < -0.39 is 23.2 Å². The number of aromatic nitrogens is 1. The van der Waals surface area contributed by atoms with Crippen LogP contribution in [0.1, 0.15) is 23.0 Å². The van der Waals surface area contributed by atoms with Gasteiger partial charge in [-0.2, -0.15) is 13.2 Å². The Morgan fingerprint density at radius 3 is 2.43 bits per heavy atom. The molecule has 1 unspecified atom stereocenters. The maximum Gasteiger partial charge on any atom is 0.426 e. The second kappa shape index (κ2) is 3.72. The second-order valence-electron chi connectivity index (χ2n) is 2.56. The fourth-order valence-electron chi connectivity index (χ4n) is 0.840. The SMILES string of the molecule is CCc1sc(C(F)C(F)(F)F)nc1O. The Hall–Kier alpha value is -0.850. The number of thiazole rings is 1. The molecule has 1 aromatic rings. The molecule has 0 aliphatic heterocycles. The number of aromatic hydroxyl groups is 1. The minimum Gasteiger partial charge on any atom is -0.492 e. The van der Waals surface area contributed by atoms with Crippen molar-refractivity contribution in [1.82, 2.24) is 4.98 Å². The molecule has 1 atom stereocenters. The molecule has 14 heavy (non-hydrogen) atoms. The van der Waals surface area contributed by atoms with E-state index >= 15 is 0 Å².